The van der Waals surface area contributed by atoms with Crippen LogP contribution in [0.5, 0.6) is 0 Å². The topological polar surface area (TPSA) is 43.6 Å². The van der Waals surface area contributed by atoms with Gasteiger partial charge in [-0.25, -0.2) is 14.3 Å². The average molecular weight is 271 g/mol. The standard InChI is InChI=1S/C13H13N5S/c1-8-7-10(3)18-12(14-8)16-13-15-11-6-4-5-9(2)17(11)19(13)18/h4-7H,1-3H3. The van der Waals surface area contributed by atoms with Gasteiger partial charge < -0.3 is 0 Å². The van der Waals surface area contributed by atoms with Crippen LogP contribution in [0.3, 0.4) is 0 Å². The van der Waals surface area contributed by atoms with Crippen LogP contribution in [0.4, 0.5) is 0 Å². The van der Waals surface area contributed by atoms with Crippen molar-refractivity contribution in [2.75, 3.05) is 0 Å². The summed E-state index contributed by atoms with van der Waals surface area (Å²) in [5.41, 5.74) is 3.35. The van der Waals surface area contributed by atoms with E-state index in [1.54, 1.807) is 0 Å². The highest BCUT2D eigenvalue weighted by atomic mass is 32.2. The van der Waals surface area contributed by atoms with Gasteiger partial charge in [0.25, 0.3) is 0 Å². The van der Waals surface area contributed by atoms with Crippen LogP contribution in [-0.2, 0) is 0 Å². The molecule has 0 aromatic carbocycles. The Bertz CT molecular complexity index is 717. The van der Waals surface area contributed by atoms with E-state index in [0.29, 0.717) is 0 Å². The lowest BCUT2D eigenvalue weighted by atomic mass is 10.3. The van der Waals surface area contributed by atoms with Crippen molar-refractivity contribution >= 4 is 33.5 Å². The Kier molecular flexibility index (Phi) is 2.04. The Hall–Kier alpha value is -1.95. The second kappa shape index (κ2) is 3.54. The van der Waals surface area contributed by atoms with Crippen LogP contribution in [-0.4, -0.2) is 31.2 Å². The minimum Gasteiger partial charge on any atom is -0.258 e. The van der Waals surface area contributed by atoms with E-state index < -0.39 is 0 Å². The summed E-state index contributed by atoms with van der Waals surface area (Å²) in [4.78, 5) is 13.7. The van der Waals surface area contributed by atoms with Crippen LogP contribution in [0, 0.1) is 0 Å². The number of aliphatic imine (C=N–C) groups is 3. The summed E-state index contributed by atoms with van der Waals surface area (Å²) in [6, 6.07) is 0. The molecule has 6 heteroatoms. The molecule has 4 rings (SSSR count). The number of fused-ring (bicyclic) bond motifs is 4. The van der Waals surface area contributed by atoms with Crippen molar-refractivity contribution in [3.05, 3.63) is 35.7 Å². The zero-order chi connectivity index (χ0) is 13.1. The molecule has 0 N–H and O–H groups in total. The van der Waals surface area contributed by atoms with Gasteiger partial charge in [-0.05, 0) is 39.0 Å². The zero-order valence-corrected chi connectivity index (χ0v) is 11.8. The minimum atomic E-state index is -0.295. The lowest BCUT2D eigenvalue weighted by Crippen LogP contribution is -2.32. The Labute approximate surface area is 114 Å². The first-order valence-corrected chi connectivity index (χ1v) is 7.27. The number of guanidine groups is 1. The van der Waals surface area contributed by atoms with Gasteiger partial charge in [0.2, 0.25) is 11.1 Å². The second-order valence-electron chi connectivity index (χ2n) is 4.72. The van der Waals surface area contributed by atoms with Gasteiger partial charge in [-0.2, -0.15) is 4.99 Å². The van der Waals surface area contributed by atoms with Gasteiger partial charge >= 0.3 is 0 Å². The number of allylic oxidation sites excluding steroid dienone is 5. The molecule has 4 aliphatic rings. The Morgan fingerprint density at radius 3 is 2.68 bits per heavy atom. The minimum absolute atomic E-state index is 0.295. The molecule has 0 bridgehead atoms. The molecule has 0 aliphatic carbocycles. The lowest BCUT2D eigenvalue weighted by molar-refractivity contribution is 0.746. The highest BCUT2D eigenvalue weighted by Gasteiger charge is 2.39. The smallest absolute Gasteiger partial charge is 0.243 e. The van der Waals surface area contributed by atoms with Gasteiger partial charge in [0, 0.05) is 17.1 Å². The maximum absolute atomic E-state index is 4.62. The number of nitrogens with zero attached hydrogens (tertiary/aromatic N) is 5. The van der Waals surface area contributed by atoms with Crippen molar-refractivity contribution in [1.29, 1.82) is 0 Å². The SMILES string of the molecule is CC1=CC=CC2=NC3=S(N12)N1C(C)=CC(C)=NC1=N3. The van der Waals surface area contributed by atoms with E-state index in [1.165, 1.54) is 11.4 Å². The van der Waals surface area contributed by atoms with Gasteiger partial charge in [0.05, 0.1) is 10.9 Å². The Morgan fingerprint density at radius 2 is 1.84 bits per heavy atom. The molecule has 96 valence electrons. The normalized spacial score (nSPS) is 27.2. The fourth-order valence-corrected chi connectivity index (χ4v) is 4.47. The quantitative estimate of drug-likeness (QED) is 0.635. The third-order valence-electron chi connectivity index (χ3n) is 3.22. The molecule has 19 heavy (non-hydrogen) atoms. The van der Waals surface area contributed by atoms with E-state index >= 15 is 0 Å². The molecule has 4 aliphatic heterocycles. The molecule has 0 spiro atoms. The van der Waals surface area contributed by atoms with E-state index in [9.17, 15) is 0 Å². The van der Waals surface area contributed by atoms with Gasteiger partial charge in [0.1, 0.15) is 5.84 Å². The van der Waals surface area contributed by atoms with E-state index in [4.69, 9.17) is 0 Å². The summed E-state index contributed by atoms with van der Waals surface area (Å²) < 4.78 is 4.41. The summed E-state index contributed by atoms with van der Waals surface area (Å²) >= 11 is 0. The average Bonchev–Trinajstić information content (AvgIpc) is 2.83. The number of amidine groups is 1. The van der Waals surface area contributed by atoms with Gasteiger partial charge in [-0.1, -0.05) is 6.08 Å². The molecule has 0 amide bonds. The molecule has 0 fully saturated rings. The Morgan fingerprint density at radius 1 is 1.00 bits per heavy atom. The van der Waals surface area contributed by atoms with Gasteiger partial charge in [-0.15, -0.1) is 0 Å². The zero-order valence-electron chi connectivity index (χ0n) is 11.0. The molecule has 0 saturated heterocycles. The van der Waals surface area contributed by atoms with Crippen molar-refractivity contribution in [3.8, 4) is 0 Å². The van der Waals surface area contributed by atoms with Crippen LogP contribution in [0.15, 0.2) is 50.7 Å². The van der Waals surface area contributed by atoms with E-state index in [1.807, 2.05) is 19.1 Å². The van der Waals surface area contributed by atoms with Crippen LogP contribution in [0.2, 0.25) is 0 Å². The van der Waals surface area contributed by atoms with Gasteiger partial charge in [-0.3, -0.25) is 4.31 Å². The first-order chi connectivity index (χ1) is 9.15. The molecular formula is C13H13N5S. The molecule has 0 saturated carbocycles. The summed E-state index contributed by atoms with van der Waals surface area (Å²) in [6.07, 6.45) is 8.25. The third kappa shape index (κ3) is 1.37. The fraction of sp³-hybridized carbons (Fsp3) is 0.231. The van der Waals surface area contributed by atoms with Crippen molar-refractivity contribution in [2.45, 2.75) is 20.8 Å². The van der Waals surface area contributed by atoms with Crippen LogP contribution in [0.1, 0.15) is 20.8 Å². The molecule has 0 radical (unpaired) electrons. The monoisotopic (exact) mass is 271 g/mol. The van der Waals surface area contributed by atoms with Crippen molar-refractivity contribution in [3.63, 3.8) is 0 Å². The fourth-order valence-electron chi connectivity index (χ4n) is 2.47. The summed E-state index contributed by atoms with van der Waals surface area (Å²) in [6.45, 7) is 6.19. The van der Waals surface area contributed by atoms with E-state index in [2.05, 4.69) is 49.6 Å². The maximum Gasteiger partial charge on any atom is 0.243 e. The Balaban J connectivity index is 1.86. The van der Waals surface area contributed by atoms with E-state index in [-0.39, 0.29) is 10.9 Å². The summed E-state index contributed by atoms with van der Waals surface area (Å²) in [5.74, 6) is 1.74. The second-order valence-corrected chi connectivity index (χ2v) is 6.35. The predicted octanol–water partition coefficient (Wildman–Crippen LogP) is 2.41. The molecule has 1 atom stereocenters. The van der Waals surface area contributed by atoms with Gasteiger partial charge in [0.15, 0.2) is 0 Å². The molecule has 5 nitrogen and oxygen atoms in total. The van der Waals surface area contributed by atoms with Crippen LogP contribution in [0.25, 0.3) is 0 Å². The highest BCUT2D eigenvalue weighted by molar-refractivity contribution is 8.13. The highest BCUT2D eigenvalue weighted by Crippen LogP contribution is 2.44. The van der Waals surface area contributed by atoms with E-state index in [0.717, 1.165) is 22.6 Å². The molecule has 1 unspecified atom stereocenters. The first kappa shape index (κ1) is 10.9. The number of hydrogen-bond donors (Lipinski definition) is 0. The van der Waals surface area contributed by atoms with Crippen molar-refractivity contribution in [1.82, 2.24) is 8.61 Å². The summed E-state index contributed by atoms with van der Waals surface area (Å²) in [7, 11) is -0.295. The van der Waals surface area contributed by atoms with Crippen molar-refractivity contribution < 1.29 is 0 Å². The summed E-state index contributed by atoms with van der Waals surface area (Å²) in [5, 5.41) is 0.857. The predicted molar refractivity (Wildman–Crippen MR) is 80.9 cm³/mol. The van der Waals surface area contributed by atoms with Crippen LogP contribution < -0.4 is 0 Å². The van der Waals surface area contributed by atoms with Crippen LogP contribution >= 0.6 is 10.9 Å². The first-order valence-electron chi connectivity index (χ1n) is 6.13. The molecular weight excluding hydrogens is 258 g/mol. The lowest BCUT2D eigenvalue weighted by Gasteiger charge is -2.33. The van der Waals surface area contributed by atoms with Crippen molar-refractivity contribution in [2.24, 2.45) is 15.0 Å². The maximum atomic E-state index is 4.62. The largest absolute Gasteiger partial charge is 0.258 e. The molecule has 0 aromatic heterocycles. The molecule has 4 heterocycles. The molecule has 0 aromatic rings. The third-order valence-corrected chi connectivity index (χ3v) is 5.35. The number of rotatable bonds is 0. The number of hydrogen-bond acceptors (Lipinski definition) is 5.